The molecule has 0 unspecified atom stereocenters. The normalized spacial score (nSPS) is 19.0. The second-order valence-electron chi connectivity index (χ2n) is 6.57. The highest BCUT2D eigenvalue weighted by Gasteiger charge is 2.42. The SMILES string of the molecule is CC(C)=CC[C@]1(c2ccc(O)cc2)CC(=O)c2c(O)cc(O)cc2O1. The summed E-state index contributed by atoms with van der Waals surface area (Å²) in [5.41, 5.74) is 0.947. The van der Waals surface area contributed by atoms with E-state index in [2.05, 4.69) is 0 Å². The van der Waals surface area contributed by atoms with Crippen molar-refractivity contribution in [1.82, 2.24) is 0 Å². The summed E-state index contributed by atoms with van der Waals surface area (Å²) >= 11 is 0. The Labute approximate surface area is 145 Å². The van der Waals surface area contributed by atoms with Crippen LogP contribution in [0.2, 0.25) is 0 Å². The number of carbonyl (C=O) groups excluding carboxylic acids is 1. The molecule has 0 spiro atoms. The van der Waals surface area contributed by atoms with Crippen LogP contribution in [0.5, 0.6) is 23.0 Å². The molecule has 0 bridgehead atoms. The van der Waals surface area contributed by atoms with Gasteiger partial charge in [-0.15, -0.1) is 0 Å². The van der Waals surface area contributed by atoms with Gasteiger partial charge >= 0.3 is 0 Å². The number of hydrogen-bond donors (Lipinski definition) is 3. The maximum Gasteiger partial charge on any atom is 0.174 e. The van der Waals surface area contributed by atoms with Gasteiger partial charge in [0.2, 0.25) is 0 Å². The summed E-state index contributed by atoms with van der Waals surface area (Å²) in [6, 6.07) is 8.99. The number of phenols is 3. The Morgan fingerprint density at radius 1 is 1.12 bits per heavy atom. The third kappa shape index (κ3) is 3.18. The maximum absolute atomic E-state index is 12.7. The van der Waals surface area contributed by atoms with Gasteiger partial charge in [-0.1, -0.05) is 23.8 Å². The molecular formula is C20H20O5. The molecule has 0 amide bonds. The molecule has 0 aromatic heterocycles. The van der Waals surface area contributed by atoms with E-state index in [1.165, 1.54) is 6.07 Å². The summed E-state index contributed by atoms with van der Waals surface area (Å²) in [4.78, 5) is 12.7. The van der Waals surface area contributed by atoms with E-state index in [1.54, 1.807) is 24.3 Å². The Morgan fingerprint density at radius 2 is 1.80 bits per heavy atom. The molecule has 1 aliphatic rings. The first kappa shape index (κ1) is 16.9. The first-order valence-corrected chi connectivity index (χ1v) is 8.02. The van der Waals surface area contributed by atoms with Crippen LogP contribution < -0.4 is 4.74 Å². The number of Topliss-reactive ketones (excluding diaryl/α,β-unsaturated/α-hetero) is 1. The van der Waals surface area contributed by atoms with Gasteiger partial charge in [0.25, 0.3) is 0 Å². The number of fused-ring (bicyclic) bond motifs is 1. The zero-order chi connectivity index (χ0) is 18.2. The van der Waals surface area contributed by atoms with Gasteiger partial charge in [0.05, 0.1) is 6.42 Å². The lowest BCUT2D eigenvalue weighted by Gasteiger charge is -2.38. The van der Waals surface area contributed by atoms with E-state index in [9.17, 15) is 20.1 Å². The van der Waals surface area contributed by atoms with E-state index in [0.717, 1.165) is 17.2 Å². The molecule has 3 rings (SSSR count). The van der Waals surface area contributed by atoms with Gasteiger partial charge in [-0.25, -0.2) is 0 Å². The first-order valence-electron chi connectivity index (χ1n) is 8.02. The third-order valence-electron chi connectivity index (χ3n) is 4.33. The van der Waals surface area contributed by atoms with Crippen molar-refractivity contribution in [3.63, 3.8) is 0 Å². The van der Waals surface area contributed by atoms with Crippen LogP contribution >= 0.6 is 0 Å². The third-order valence-corrected chi connectivity index (χ3v) is 4.33. The predicted molar refractivity (Wildman–Crippen MR) is 93.2 cm³/mol. The van der Waals surface area contributed by atoms with Gasteiger partial charge in [0, 0.05) is 18.6 Å². The summed E-state index contributed by atoms with van der Waals surface area (Å²) < 4.78 is 6.16. The first-order chi connectivity index (χ1) is 11.8. The van der Waals surface area contributed by atoms with E-state index >= 15 is 0 Å². The molecule has 0 aliphatic carbocycles. The number of phenolic OH excluding ortho intramolecular Hbond substituents is 3. The van der Waals surface area contributed by atoms with Gasteiger partial charge in [0.15, 0.2) is 5.78 Å². The van der Waals surface area contributed by atoms with Crippen molar-refractivity contribution in [2.45, 2.75) is 32.3 Å². The summed E-state index contributed by atoms with van der Waals surface area (Å²) in [5, 5.41) is 29.3. The fourth-order valence-electron chi connectivity index (χ4n) is 3.07. The summed E-state index contributed by atoms with van der Waals surface area (Å²) in [5.74, 6) is -0.439. The molecule has 0 radical (unpaired) electrons. The average molecular weight is 340 g/mol. The predicted octanol–water partition coefficient (Wildman–Crippen LogP) is 4.02. The minimum absolute atomic E-state index is 0.0485. The molecule has 130 valence electrons. The minimum atomic E-state index is -0.963. The van der Waals surface area contributed by atoms with Crippen LogP contribution in [0, 0.1) is 0 Å². The van der Waals surface area contributed by atoms with E-state index in [1.807, 2.05) is 19.9 Å². The Morgan fingerprint density at radius 3 is 2.44 bits per heavy atom. The largest absolute Gasteiger partial charge is 0.508 e. The summed E-state index contributed by atoms with van der Waals surface area (Å²) in [6.45, 7) is 3.92. The summed E-state index contributed by atoms with van der Waals surface area (Å²) in [6.07, 6.45) is 2.47. The van der Waals surface area contributed by atoms with Crippen LogP contribution in [0.1, 0.15) is 42.6 Å². The molecule has 1 heterocycles. The molecule has 0 fully saturated rings. The van der Waals surface area contributed by atoms with Crippen molar-refractivity contribution in [2.24, 2.45) is 0 Å². The number of hydrogen-bond acceptors (Lipinski definition) is 5. The topological polar surface area (TPSA) is 87.0 Å². The van der Waals surface area contributed by atoms with Gasteiger partial charge in [-0.2, -0.15) is 0 Å². The molecule has 0 saturated carbocycles. The lowest BCUT2D eigenvalue weighted by atomic mass is 9.81. The molecule has 1 atom stereocenters. The van der Waals surface area contributed by atoms with Crippen molar-refractivity contribution in [3.8, 4) is 23.0 Å². The second kappa shape index (κ2) is 6.16. The van der Waals surface area contributed by atoms with E-state index in [0.29, 0.717) is 6.42 Å². The molecule has 0 saturated heterocycles. The van der Waals surface area contributed by atoms with E-state index in [-0.39, 0.29) is 40.8 Å². The van der Waals surface area contributed by atoms with Crippen LogP contribution in [0.3, 0.4) is 0 Å². The Hall–Kier alpha value is -2.95. The zero-order valence-corrected chi connectivity index (χ0v) is 14.1. The number of carbonyl (C=O) groups is 1. The van der Waals surface area contributed by atoms with Gasteiger partial charge < -0.3 is 20.1 Å². The van der Waals surface area contributed by atoms with Gasteiger partial charge in [-0.3, -0.25) is 4.79 Å². The van der Waals surface area contributed by atoms with Crippen LogP contribution in [0.4, 0.5) is 0 Å². The molecule has 2 aromatic carbocycles. The zero-order valence-electron chi connectivity index (χ0n) is 14.1. The Balaban J connectivity index is 2.14. The maximum atomic E-state index is 12.7. The van der Waals surface area contributed by atoms with Crippen molar-refractivity contribution < 1.29 is 24.9 Å². The number of ether oxygens (including phenoxy) is 1. The van der Waals surface area contributed by atoms with Gasteiger partial charge in [0.1, 0.15) is 34.2 Å². The highest BCUT2D eigenvalue weighted by molar-refractivity contribution is 6.03. The van der Waals surface area contributed by atoms with Crippen molar-refractivity contribution in [1.29, 1.82) is 0 Å². The van der Waals surface area contributed by atoms with Crippen molar-refractivity contribution >= 4 is 5.78 Å². The fourth-order valence-corrected chi connectivity index (χ4v) is 3.07. The number of rotatable bonds is 3. The van der Waals surface area contributed by atoms with E-state index < -0.39 is 5.60 Å². The molecule has 2 aromatic rings. The number of benzene rings is 2. The van der Waals surface area contributed by atoms with Crippen LogP contribution in [0.15, 0.2) is 48.0 Å². The fraction of sp³-hybridized carbons (Fsp3) is 0.250. The van der Waals surface area contributed by atoms with Crippen LogP contribution in [-0.2, 0) is 5.60 Å². The Bertz CT molecular complexity index is 847. The van der Waals surface area contributed by atoms with Crippen LogP contribution in [-0.4, -0.2) is 21.1 Å². The molecule has 5 heteroatoms. The molecular weight excluding hydrogens is 320 g/mol. The molecule has 25 heavy (non-hydrogen) atoms. The lowest BCUT2D eigenvalue weighted by Crippen LogP contribution is -2.39. The summed E-state index contributed by atoms with van der Waals surface area (Å²) in [7, 11) is 0. The standard InChI is InChI=1S/C20H20O5/c1-12(2)7-8-20(13-3-5-14(21)6-4-13)11-17(24)19-16(23)9-15(22)10-18(19)25-20/h3-7,9-10,21-23H,8,11H2,1-2H3/t20-/m1/s1. The van der Waals surface area contributed by atoms with Crippen LogP contribution in [0.25, 0.3) is 0 Å². The van der Waals surface area contributed by atoms with Crippen molar-refractivity contribution in [2.75, 3.05) is 0 Å². The van der Waals surface area contributed by atoms with Crippen molar-refractivity contribution in [3.05, 3.63) is 59.2 Å². The van der Waals surface area contributed by atoms with Gasteiger partial charge in [-0.05, 0) is 31.5 Å². The number of allylic oxidation sites excluding steroid dienone is 1. The smallest absolute Gasteiger partial charge is 0.174 e. The Kier molecular flexibility index (Phi) is 4.17. The molecule has 5 nitrogen and oxygen atoms in total. The highest BCUT2D eigenvalue weighted by atomic mass is 16.5. The minimum Gasteiger partial charge on any atom is -0.508 e. The molecule has 3 N–H and O–H groups in total. The van der Waals surface area contributed by atoms with E-state index in [4.69, 9.17) is 4.74 Å². The second-order valence-corrected chi connectivity index (χ2v) is 6.57. The number of aromatic hydroxyl groups is 3. The quantitative estimate of drug-likeness (QED) is 0.735. The average Bonchev–Trinajstić information content (AvgIpc) is 2.52. The molecule has 1 aliphatic heterocycles. The highest BCUT2D eigenvalue weighted by Crippen LogP contribution is 2.46. The lowest BCUT2D eigenvalue weighted by molar-refractivity contribution is 0.0390. The monoisotopic (exact) mass is 340 g/mol. The number of ketones is 1.